The van der Waals surface area contributed by atoms with Crippen LogP contribution in [0.2, 0.25) is 5.02 Å². The summed E-state index contributed by atoms with van der Waals surface area (Å²) in [5.41, 5.74) is 0. The molecular formula is C14H15ClF3NO4. The van der Waals surface area contributed by atoms with Gasteiger partial charge in [0.25, 0.3) is 5.91 Å². The molecule has 0 radical (unpaired) electrons. The molecule has 1 aromatic carbocycles. The van der Waals surface area contributed by atoms with Crippen molar-refractivity contribution < 1.29 is 32.6 Å². The molecule has 2 atom stereocenters. The Labute approximate surface area is 135 Å². The van der Waals surface area contributed by atoms with Gasteiger partial charge in [-0.1, -0.05) is 30.7 Å². The number of para-hydroxylation sites is 1. The third-order valence-electron chi connectivity index (χ3n) is 2.82. The summed E-state index contributed by atoms with van der Waals surface area (Å²) in [7, 11) is 0. The maximum Gasteiger partial charge on any atom is 0.391 e. The monoisotopic (exact) mass is 353 g/mol. The van der Waals surface area contributed by atoms with Crippen LogP contribution in [-0.2, 0) is 9.59 Å². The second-order valence-corrected chi connectivity index (χ2v) is 5.07. The van der Waals surface area contributed by atoms with Crippen molar-refractivity contribution in [2.75, 3.05) is 0 Å². The van der Waals surface area contributed by atoms with Crippen LogP contribution in [-0.4, -0.2) is 35.3 Å². The number of amides is 1. The third kappa shape index (κ3) is 6.35. The van der Waals surface area contributed by atoms with Gasteiger partial charge in [-0.3, -0.25) is 4.79 Å². The van der Waals surface area contributed by atoms with Crippen molar-refractivity contribution >= 4 is 23.5 Å². The van der Waals surface area contributed by atoms with Gasteiger partial charge in [0.15, 0.2) is 6.10 Å². The van der Waals surface area contributed by atoms with E-state index >= 15 is 0 Å². The lowest BCUT2D eigenvalue weighted by atomic mass is 10.1. The molecule has 0 aliphatic heterocycles. The Morgan fingerprint density at radius 2 is 1.96 bits per heavy atom. The van der Waals surface area contributed by atoms with Crippen molar-refractivity contribution in [3.63, 3.8) is 0 Å². The molecule has 2 unspecified atom stereocenters. The van der Waals surface area contributed by atoms with Crippen LogP contribution in [0.3, 0.4) is 0 Å². The topological polar surface area (TPSA) is 75.6 Å². The number of hydrogen-bond acceptors (Lipinski definition) is 3. The Bertz CT molecular complexity index is 565. The number of nitrogens with one attached hydrogen (secondary N) is 1. The van der Waals surface area contributed by atoms with Crippen molar-refractivity contribution in [2.24, 2.45) is 0 Å². The Hall–Kier alpha value is -1.96. The highest BCUT2D eigenvalue weighted by Crippen LogP contribution is 2.25. The van der Waals surface area contributed by atoms with Gasteiger partial charge in [-0.05, 0) is 18.6 Å². The fraction of sp³-hybridized carbons (Fsp3) is 0.429. The molecule has 128 valence electrons. The normalized spacial score (nSPS) is 14.0. The number of benzene rings is 1. The van der Waals surface area contributed by atoms with Crippen LogP contribution in [0.4, 0.5) is 13.2 Å². The van der Waals surface area contributed by atoms with Gasteiger partial charge < -0.3 is 15.2 Å². The maximum absolute atomic E-state index is 12.3. The summed E-state index contributed by atoms with van der Waals surface area (Å²) in [5, 5.41) is 10.9. The molecule has 1 rings (SSSR count). The van der Waals surface area contributed by atoms with Crippen LogP contribution >= 0.6 is 11.6 Å². The molecule has 1 aromatic rings. The van der Waals surface area contributed by atoms with Gasteiger partial charge in [-0.15, -0.1) is 0 Å². The number of carboxylic acid groups (broad SMARTS) is 1. The molecular weight excluding hydrogens is 339 g/mol. The first kappa shape index (κ1) is 19.1. The quantitative estimate of drug-likeness (QED) is 0.790. The minimum atomic E-state index is -4.72. The van der Waals surface area contributed by atoms with E-state index in [-0.39, 0.29) is 17.2 Å². The predicted molar refractivity (Wildman–Crippen MR) is 76.4 cm³/mol. The van der Waals surface area contributed by atoms with Gasteiger partial charge in [0.05, 0.1) is 11.4 Å². The molecule has 9 heteroatoms. The Kier molecular flexibility index (Phi) is 6.68. The molecule has 0 fully saturated rings. The van der Waals surface area contributed by atoms with Gasteiger partial charge >= 0.3 is 12.1 Å². The van der Waals surface area contributed by atoms with Crippen LogP contribution in [0.15, 0.2) is 24.3 Å². The van der Waals surface area contributed by atoms with Crippen molar-refractivity contribution in [1.29, 1.82) is 0 Å². The van der Waals surface area contributed by atoms with E-state index in [2.05, 4.69) is 0 Å². The summed E-state index contributed by atoms with van der Waals surface area (Å²) in [6.07, 6.45) is -7.43. The molecule has 23 heavy (non-hydrogen) atoms. The van der Waals surface area contributed by atoms with Crippen LogP contribution in [0.1, 0.15) is 19.8 Å². The summed E-state index contributed by atoms with van der Waals surface area (Å²) in [6.45, 7) is 1.57. The van der Waals surface area contributed by atoms with Crippen molar-refractivity contribution in [2.45, 2.75) is 38.1 Å². The molecule has 0 spiro atoms. The Morgan fingerprint density at radius 3 is 2.43 bits per heavy atom. The Morgan fingerprint density at radius 1 is 1.35 bits per heavy atom. The van der Waals surface area contributed by atoms with Crippen LogP contribution in [0.25, 0.3) is 0 Å². The number of carboxylic acids is 1. The number of aliphatic carboxylic acids is 1. The van der Waals surface area contributed by atoms with E-state index in [0.29, 0.717) is 0 Å². The third-order valence-corrected chi connectivity index (χ3v) is 3.13. The fourth-order valence-corrected chi connectivity index (χ4v) is 1.89. The van der Waals surface area contributed by atoms with E-state index in [0.717, 1.165) is 0 Å². The van der Waals surface area contributed by atoms with Gasteiger partial charge in [0.2, 0.25) is 0 Å². The van der Waals surface area contributed by atoms with Crippen LogP contribution in [0.5, 0.6) is 5.75 Å². The summed E-state index contributed by atoms with van der Waals surface area (Å²) in [6, 6.07) is 4.18. The molecule has 0 saturated heterocycles. The van der Waals surface area contributed by atoms with Crippen molar-refractivity contribution in [3.05, 3.63) is 29.3 Å². The number of hydrogen-bond donors (Lipinski definition) is 2. The Balaban J connectivity index is 2.79. The summed E-state index contributed by atoms with van der Waals surface area (Å²) in [4.78, 5) is 22.8. The standard InChI is InChI=1S/C14H15ClF3NO4/c1-2-10(23-11-6-4-3-5-8(11)15)12(20)19-9(13(21)22)7-14(16,17)18/h3-6,9-10H,2,7H2,1H3,(H,19,20)(H,21,22). The average molecular weight is 354 g/mol. The van der Waals surface area contributed by atoms with Crippen LogP contribution in [0, 0.1) is 0 Å². The number of halogens is 4. The molecule has 0 aliphatic carbocycles. The molecule has 1 amide bonds. The van der Waals surface area contributed by atoms with E-state index in [9.17, 15) is 22.8 Å². The zero-order chi connectivity index (χ0) is 17.6. The lowest BCUT2D eigenvalue weighted by molar-refractivity contribution is -0.160. The molecule has 0 aliphatic rings. The first-order valence-corrected chi connectivity index (χ1v) is 7.03. The highest BCUT2D eigenvalue weighted by Gasteiger charge is 2.37. The van der Waals surface area contributed by atoms with Gasteiger partial charge in [0.1, 0.15) is 11.8 Å². The largest absolute Gasteiger partial charge is 0.480 e. The van der Waals surface area contributed by atoms with Gasteiger partial charge in [-0.2, -0.15) is 13.2 Å². The summed E-state index contributed by atoms with van der Waals surface area (Å²) < 4.78 is 42.4. The number of ether oxygens (including phenoxy) is 1. The van der Waals surface area contributed by atoms with E-state index in [4.69, 9.17) is 21.4 Å². The summed E-state index contributed by atoms with van der Waals surface area (Å²) >= 11 is 5.87. The second kappa shape index (κ2) is 8.05. The summed E-state index contributed by atoms with van der Waals surface area (Å²) in [5.74, 6) is -2.55. The number of rotatable bonds is 7. The lowest BCUT2D eigenvalue weighted by Gasteiger charge is -2.21. The first-order valence-electron chi connectivity index (χ1n) is 6.65. The van der Waals surface area contributed by atoms with Gasteiger partial charge in [-0.25, -0.2) is 4.79 Å². The van der Waals surface area contributed by atoms with E-state index in [1.54, 1.807) is 19.1 Å². The molecule has 5 nitrogen and oxygen atoms in total. The second-order valence-electron chi connectivity index (χ2n) is 4.66. The molecule has 0 saturated carbocycles. The molecule has 0 heterocycles. The molecule has 0 bridgehead atoms. The molecule has 2 N–H and O–H groups in total. The minimum absolute atomic E-state index is 0.120. The zero-order valence-electron chi connectivity index (χ0n) is 12.1. The van der Waals surface area contributed by atoms with Crippen LogP contribution < -0.4 is 10.1 Å². The minimum Gasteiger partial charge on any atom is -0.480 e. The maximum atomic E-state index is 12.3. The number of alkyl halides is 3. The van der Waals surface area contributed by atoms with E-state index in [1.807, 2.05) is 5.32 Å². The number of carbonyl (C=O) groups is 2. The van der Waals surface area contributed by atoms with E-state index < -0.39 is 36.6 Å². The zero-order valence-corrected chi connectivity index (χ0v) is 12.8. The highest BCUT2D eigenvalue weighted by molar-refractivity contribution is 6.32. The SMILES string of the molecule is CCC(Oc1ccccc1Cl)C(=O)NC(CC(F)(F)F)C(=O)O. The van der Waals surface area contributed by atoms with Crippen molar-refractivity contribution in [3.8, 4) is 5.75 Å². The van der Waals surface area contributed by atoms with Gasteiger partial charge in [0, 0.05) is 0 Å². The van der Waals surface area contributed by atoms with Crippen molar-refractivity contribution in [1.82, 2.24) is 5.32 Å². The number of carbonyl (C=O) groups excluding carboxylic acids is 1. The lowest BCUT2D eigenvalue weighted by Crippen LogP contribution is -2.48. The highest BCUT2D eigenvalue weighted by atomic mass is 35.5. The predicted octanol–water partition coefficient (Wildman–Crippen LogP) is 3.02. The molecule has 0 aromatic heterocycles. The first-order chi connectivity index (χ1) is 10.6. The van der Waals surface area contributed by atoms with E-state index in [1.165, 1.54) is 12.1 Å². The fourth-order valence-electron chi connectivity index (χ4n) is 1.71. The smallest absolute Gasteiger partial charge is 0.391 e. The average Bonchev–Trinajstić information content (AvgIpc) is 2.44.